The van der Waals surface area contributed by atoms with Gasteiger partial charge in [-0.1, -0.05) is 42.7 Å². The highest BCUT2D eigenvalue weighted by Crippen LogP contribution is 2.69. The molecule has 0 aromatic carbocycles. The standard InChI is InChI=1S/C10H14B2/c11-9-2-7-1-8(4-9)5-10(12,3-7)6-9/h7-8H,1-6H2. The van der Waals surface area contributed by atoms with Crippen LogP contribution in [0.25, 0.3) is 0 Å². The molecular weight excluding hydrogens is 142 g/mol. The quantitative estimate of drug-likeness (QED) is 0.471. The Morgan fingerprint density at radius 1 is 0.833 bits per heavy atom. The maximum atomic E-state index is 6.33. The van der Waals surface area contributed by atoms with Gasteiger partial charge in [0.1, 0.15) is 0 Å². The number of hydrogen-bond acceptors (Lipinski definition) is 0. The summed E-state index contributed by atoms with van der Waals surface area (Å²) in [5.74, 6) is 1.72. The fourth-order valence-corrected chi connectivity index (χ4v) is 4.41. The van der Waals surface area contributed by atoms with E-state index >= 15 is 0 Å². The zero-order valence-electron chi connectivity index (χ0n) is 7.55. The van der Waals surface area contributed by atoms with Gasteiger partial charge in [-0.05, 0) is 18.3 Å². The second-order valence-corrected chi connectivity index (χ2v) is 5.69. The predicted octanol–water partition coefficient (Wildman–Crippen LogP) is 2.25. The van der Waals surface area contributed by atoms with Crippen LogP contribution in [-0.2, 0) is 0 Å². The van der Waals surface area contributed by atoms with E-state index in [1.807, 2.05) is 0 Å². The molecule has 0 heterocycles. The van der Waals surface area contributed by atoms with Crippen molar-refractivity contribution in [2.75, 3.05) is 0 Å². The van der Waals surface area contributed by atoms with Crippen LogP contribution >= 0.6 is 0 Å². The van der Waals surface area contributed by atoms with Gasteiger partial charge in [0.15, 0.2) is 0 Å². The van der Waals surface area contributed by atoms with Gasteiger partial charge in [-0.15, -0.1) is 0 Å². The first-order chi connectivity index (χ1) is 5.57. The molecule has 4 rings (SSSR count). The van der Waals surface area contributed by atoms with Crippen LogP contribution in [0.4, 0.5) is 0 Å². The van der Waals surface area contributed by atoms with Gasteiger partial charge in [-0.2, -0.15) is 0 Å². The highest BCUT2D eigenvalue weighted by Gasteiger charge is 2.52. The first-order valence-corrected chi connectivity index (χ1v) is 5.15. The van der Waals surface area contributed by atoms with Crippen LogP contribution in [0.3, 0.4) is 0 Å². The van der Waals surface area contributed by atoms with Gasteiger partial charge < -0.3 is 0 Å². The summed E-state index contributed by atoms with van der Waals surface area (Å²) < 4.78 is 0. The summed E-state index contributed by atoms with van der Waals surface area (Å²) in [7, 11) is 12.7. The maximum absolute atomic E-state index is 6.33. The second kappa shape index (κ2) is 1.96. The molecule has 4 bridgehead atoms. The molecule has 0 aromatic rings. The van der Waals surface area contributed by atoms with Gasteiger partial charge in [0.2, 0.25) is 0 Å². The molecule has 4 aliphatic rings. The molecule has 0 spiro atoms. The second-order valence-electron chi connectivity index (χ2n) is 5.69. The molecule has 2 heteroatoms. The first-order valence-electron chi connectivity index (χ1n) is 5.15. The van der Waals surface area contributed by atoms with Crippen LogP contribution in [0.1, 0.15) is 38.5 Å². The minimum Gasteiger partial charge on any atom is -0.0657 e. The van der Waals surface area contributed by atoms with Gasteiger partial charge in [-0.3, -0.25) is 0 Å². The van der Waals surface area contributed by atoms with E-state index in [2.05, 4.69) is 0 Å². The summed E-state index contributed by atoms with van der Waals surface area (Å²) in [6, 6.07) is 0. The SMILES string of the molecule is [B]C12CC3CC(C1)CC([B])(C3)C2. The molecule has 0 unspecified atom stereocenters. The number of hydrogen-bond donors (Lipinski definition) is 0. The third-order valence-electron chi connectivity index (χ3n) is 4.15. The van der Waals surface area contributed by atoms with Gasteiger partial charge in [0, 0.05) is 0 Å². The molecular formula is C10H14B2. The topological polar surface area (TPSA) is 0 Å². The minimum absolute atomic E-state index is 0.138. The summed E-state index contributed by atoms with van der Waals surface area (Å²) in [5, 5.41) is 0.275. The van der Waals surface area contributed by atoms with Crippen LogP contribution < -0.4 is 0 Å². The third-order valence-corrected chi connectivity index (χ3v) is 4.15. The first kappa shape index (κ1) is 7.53. The summed E-state index contributed by atoms with van der Waals surface area (Å²) in [6.07, 6.45) is 7.51. The average Bonchev–Trinajstić information content (AvgIpc) is 1.75. The largest absolute Gasteiger partial charge is 0.0746 e. The maximum Gasteiger partial charge on any atom is 0.0746 e. The van der Waals surface area contributed by atoms with E-state index in [9.17, 15) is 0 Å². The van der Waals surface area contributed by atoms with E-state index in [0.717, 1.165) is 18.3 Å². The van der Waals surface area contributed by atoms with Crippen molar-refractivity contribution in [2.24, 2.45) is 11.8 Å². The molecule has 0 saturated heterocycles. The van der Waals surface area contributed by atoms with E-state index < -0.39 is 0 Å². The Bertz CT molecular complexity index is 190. The summed E-state index contributed by atoms with van der Waals surface area (Å²) >= 11 is 0. The smallest absolute Gasteiger partial charge is 0.0657 e. The van der Waals surface area contributed by atoms with Crippen molar-refractivity contribution in [1.82, 2.24) is 0 Å². The van der Waals surface area contributed by atoms with E-state index in [4.69, 9.17) is 15.7 Å². The molecule has 12 heavy (non-hydrogen) atoms. The Balaban J connectivity index is 1.98. The minimum atomic E-state index is 0.138. The highest BCUT2D eigenvalue weighted by molar-refractivity contribution is 6.19. The molecule has 0 aromatic heterocycles. The highest BCUT2D eigenvalue weighted by atomic mass is 14.5. The predicted molar refractivity (Wildman–Crippen MR) is 51.6 cm³/mol. The lowest BCUT2D eigenvalue weighted by molar-refractivity contribution is 0.0409. The Kier molecular flexibility index (Phi) is 1.23. The van der Waals surface area contributed by atoms with Crippen molar-refractivity contribution in [3.05, 3.63) is 0 Å². The van der Waals surface area contributed by atoms with Crippen molar-refractivity contribution in [2.45, 2.75) is 49.2 Å². The normalized spacial score (nSPS) is 62.3. The third kappa shape index (κ3) is 0.930. The summed E-state index contributed by atoms with van der Waals surface area (Å²) in [6.45, 7) is 0. The lowest BCUT2D eigenvalue weighted by Gasteiger charge is -2.61. The van der Waals surface area contributed by atoms with Crippen LogP contribution in [0, 0.1) is 11.8 Å². The molecule has 0 aliphatic heterocycles. The Labute approximate surface area is 77.3 Å². The molecule has 0 N–H and O–H groups in total. The molecule has 4 aliphatic carbocycles. The lowest BCUT2D eigenvalue weighted by Crippen LogP contribution is -2.45. The van der Waals surface area contributed by atoms with Crippen molar-refractivity contribution in [3.63, 3.8) is 0 Å². The van der Waals surface area contributed by atoms with Crippen LogP contribution in [0.15, 0.2) is 0 Å². The van der Waals surface area contributed by atoms with Gasteiger partial charge in [0.05, 0.1) is 15.7 Å². The van der Waals surface area contributed by atoms with Crippen molar-refractivity contribution >= 4 is 15.7 Å². The monoisotopic (exact) mass is 156 g/mol. The Morgan fingerprint density at radius 3 is 1.58 bits per heavy atom. The van der Waals surface area contributed by atoms with Gasteiger partial charge in [0.25, 0.3) is 0 Å². The molecule has 4 saturated carbocycles. The van der Waals surface area contributed by atoms with E-state index in [-0.39, 0.29) is 10.6 Å². The van der Waals surface area contributed by atoms with Crippen molar-refractivity contribution in [1.29, 1.82) is 0 Å². The molecule has 0 atom stereocenters. The molecule has 4 radical (unpaired) electrons. The van der Waals surface area contributed by atoms with Gasteiger partial charge in [-0.25, -0.2) is 0 Å². The van der Waals surface area contributed by atoms with E-state index in [1.54, 1.807) is 0 Å². The van der Waals surface area contributed by atoms with Crippen LogP contribution in [-0.4, -0.2) is 15.7 Å². The van der Waals surface area contributed by atoms with Crippen molar-refractivity contribution < 1.29 is 0 Å². The Morgan fingerprint density at radius 2 is 1.25 bits per heavy atom. The molecule has 0 nitrogen and oxygen atoms in total. The zero-order chi connectivity index (χ0) is 8.40. The van der Waals surface area contributed by atoms with Crippen molar-refractivity contribution in [3.8, 4) is 0 Å². The fraction of sp³-hybridized carbons (Fsp3) is 1.00. The molecule has 4 fully saturated rings. The van der Waals surface area contributed by atoms with Crippen LogP contribution in [0.2, 0.25) is 10.6 Å². The fourth-order valence-electron chi connectivity index (χ4n) is 4.41. The van der Waals surface area contributed by atoms with Crippen LogP contribution in [0.5, 0.6) is 0 Å². The van der Waals surface area contributed by atoms with Gasteiger partial charge >= 0.3 is 0 Å². The zero-order valence-corrected chi connectivity index (χ0v) is 7.55. The van der Waals surface area contributed by atoms with E-state index in [1.165, 1.54) is 32.1 Å². The van der Waals surface area contributed by atoms with E-state index in [0.29, 0.717) is 0 Å². The summed E-state index contributed by atoms with van der Waals surface area (Å²) in [4.78, 5) is 0. The number of rotatable bonds is 0. The molecule has 60 valence electrons. The summed E-state index contributed by atoms with van der Waals surface area (Å²) in [5.41, 5.74) is 0. The average molecular weight is 156 g/mol. The Hall–Kier alpha value is 0.130. The molecule has 0 amide bonds. The lowest BCUT2D eigenvalue weighted by atomic mass is 9.35.